The second kappa shape index (κ2) is 26.3. The molecule has 0 atom stereocenters. The summed E-state index contributed by atoms with van der Waals surface area (Å²) in [4.78, 5) is 3.86. The number of rotatable bonds is 15. The van der Waals surface area contributed by atoms with Crippen LogP contribution in [0.15, 0.2) is 89.9 Å². The number of para-hydroxylation sites is 2. The monoisotopic (exact) mass is 785 g/mol. The van der Waals surface area contributed by atoms with Gasteiger partial charge in [0.05, 0.1) is 32.5 Å². The third-order valence-electron chi connectivity index (χ3n) is 6.98. The van der Waals surface area contributed by atoms with E-state index in [1.807, 2.05) is 24.3 Å². The van der Waals surface area contributed by atoms with Gasteiger partial charge in [-0.15, -0.1) is 0 Å². The van der Waals surface area contributed by atoms with Crippen LogP contribution in [-0.4, -0.2) is 29.5 Å². The van der Waals surface area contributed by atoms with Gasteiger partial charge < -0.3 is 33.5 Å². The van der Waals surface area contributed by atoms with Crippen LogP contribution in [0.4, 0.5) is 13.2 Å². The molecule has 5 nitrogen and oxygen atoms in total. The molecular formula is C37H51F3IN3O2S. The quantitative estimate of drug-likeness (QED) is 0.0433. The van der Waals surface area contributed by atoms with Crippen molar-refractivity contribution in [3.63, 3.8) is 0 Å². The molecule has 3 aromatic carbocycles. The largest absolute Gasteiger partial charge is 1.00 e. The number of alkyl halides is 3. The highest BCUT2D eigenvalue weighted by molar-refractivity contribution is 7.78. The minimum atomic E-state index is -4.33. The van der Waals surface area contributed by atoms with Gasteiger partial charge in [-0.25, -0.2) is 14.1 Å². The van der Waals surface area contributed by atoms with E-state index in [0.717, 1.165) is 54.8 Å². The summed E-state index contributed by atoms with van der Waals surface area (Å²) >= 11 is 4.48. The van der Waals surface area contributed by atoms with Crippen LogP contribution in [0, 0.1) is 0 Å². The number of fused-ring (bicyclic) bond motifs is 1. The molecule has 0 aliphatic heterocycles. The molecule has 4 aromatic rings. The Kier molecular flexibility index (Phi) is 24.9. The number of halogens is 4. The topological polar surface area (TPSA) is 39.6 Å². The van der Waals surface area contributed by atoms with E-state index < -0.39 is 12.0 Å². The van der Waals surface area contributed by atoms with Crippen LogP contribution in [0.25, 0.3) is 11.0 Å². The molecule has 260 valence electrons. The van der Waals surface area contributed by atoms with Crippen molar-refractivity contribution in [1.82, 2.24) is 4.57 Å². The smallest absolute Gasteiger partial charge is 0.495 e. The van der Waals surface area contributed by atoms with Gasteiger partial charge >= 0.3 is 12.0 Å². The van der Waals surface area contributed by atoms with E-state index in [2.05, 4.69) is 65.7 Å². The lowest BCUT2D eigenvalue weighted by Crippen LogP contribution is -3.00. The number of unbranched alkanes of at least 4 members (excludes halogenated alkanes) is 5. The third-order valence-corrected chi connectivity index (χ3v) is 7.11. The Morgan fingerprint density at radius 3 is 1.72 bits per heavy atom. The van der Waals surface area contributed by atoms with Gasteiger partial charge in [0.2, 0.25) is 0 Å². The van der Waals surface area contributed by atoms with Crippen molar-refractivity contribution >= 4 is 28.4 Å². The number of benzene rings is 3. The van der Waals surface area contributed by atoms with Gasteiger partial charge in [-0.1, -0.05) is 106 Å². The zero-order chi connectivity index (χ0) is 32.8. The molecule has 0 radical (unpaired) electrons. The van der Waals surface area contributed by atoms with Crippen molar-refractivity contribution in [2.24, 2.45) is 19.1 Å². The van der Waals surface area contributed by atoms with Crippen LogP contribution in [-0.2, 0) is 43.0 Å². The number of imidazole rings is 1. The normalized spacial score (nSPS) is 10.3. The second-order valence-corrected chi connectivity index (χ2v) is 10.8. The van der Waals surface area contributed by atoms with Crippen molar-refractivity contribution in [3.05, 3.63) is 102 Å². The second-order valence-electron chi connectivity index (χ2n) is 10.6. The molecule has 0 spiro atoms. The fourth-order valence-electron chi connectivity index (χ4n) is 4.64. The minimum Gasteiger partial charge on any atom is -1.00 e. The van der Waals surface area contributed by atoms with Gasteiger partial charge in [-0.05, 0) is 61.2 Å². The number of thiocarbonyl (C=S) groups is 1. The Bertz CT molecular complexity index is 1360. The van der Waals surface area contributed by atoms with Crippen LogP contribution < -0.4 is 28.5 Å². The number of hydrogen-bond acceptors (Lipinski definition) is 4. The Morgan fingerprint density at radius 2 is 1.26 bits per heavy atom. The number of isothiocyanates is 1. The molecule has 0 amide bonds. The summed E-state index contributed by atoms with van der Waals surface area (Å²) in [6, 6.07) is 27.4. The maximum atomic E-state index is 12.7. The number of aryl methyl sites for hydroxylation is 2. The molecule has 0 N–H and O–H groups in total. The summed E-state index contributed by atoms with van der Waals surface area (Å²) in [6.07, 6.45) is 4.06. The van der Waals surface area contributed by atoms with Crippen molar-refractivity contribution in [2.45, 2.75) is 78.7 Å². The molecule has 1 heterocycles. The molecule has 0 fully saturated rings. The lowest BCUT2D eigenvalue weighted by molar-refractivity contribution is -0.667. The first-order valence-electron chi connectivity index (χ1n) is 15.6. The van der Waals surface area contributed by atoms with E-state index in [-0.39, 0.29) is 31.4 Å². The van der Waals surface area contributed by atoms with E-state index in [4.69, 9.17) is 9.47 Å². The zero-order valence-electron chi connectivity index (χ0n) is 27.1. The molecule has 47 heavy (non-hydrogen) atoms. The summed E-state index contributed by atoms with van der Waals surface area (Å²) in [5.41, 5.74) is 3.65. The van der Waals surface area contributed by atoms with E-state index in [0.29, 0.717) is 17.6 Å². The first kappa shape index (κ1) is 44.4. The van der Waals surface area contributed by atoms with Crippen LogP contribution >= 0.6 is 12.2 Å². The maximum Gasteiger partial charge on any atom is 0.495 e. The lowest BCUT2D eigenvalue weighted by atomic mass is 10.2. The number of nitrogens with zero attached hydrogens (tertiary/aromatic N) is 3. The highest BCUT2D eigenvalue weighted by atomic mass is 127. The summed E-state index contributed by atoms with van der Waals surface area (Å²) in [7, 11) is 2.84. The van der Waals surface area contributed by atoms with Gasteiger partial charge in [0.15, 0.2) is 11.0 Å². The lowest BCUT2D eigenvalue weighted by Gasteiger charge is -2.03. The molecule has 0 bridgehead atoms. The van der Waals surface area contributed by atoms with Crippen molar-refractivity contribution in [1.29, 1.82) is 0 Å². The molecule has 1 aromatic heterocycles. The highest BCUT2D eigenvalue weighted by Gasteiger charge is 2.45. The Labute approximate surface area is 302 Å². The first-order chi connectivity index (χ1) is 21.8. The number of hydrogen-bond donors (Lipinski definition) is 0. The maximum absolute atomic E-state index is 12.7. The summed E-state index contributed by atoms with van der Waals surface area (Å²) in [6.45, 7) is 6.20. The third kappa shape index (κ3) is 17.9. The molecule has 4 rings (SSSR count). The van der Waals surface area contributed by atoms with Crippen LogP contribution in [0.3, 0.4) is 0 Å². The molecule has 0 saturated carbocycles. The molecule has 0 aliphatic rings. The van der Waals surface area contributed by atoms with Crippen molar-refractivity contribution in [2.75, 3.05) is 19.8 Å². The highest BCUT2D eigenvalue weighted by Crippen LogP contribution is 2.29. The van der Waals surface area contributed by atoms with E-state index in [1.165, 1.54) is 50.9 Å². The van der Waals surface area contributed by atoms with E-state index >= 15 is 0 Å². The van der Waals surface area contributed by atoms with Gasteiger partial charge in [0.25, 0.3) is 0 Å². The fraction of sp³-hybridized carbons (Fsp3) is 0.459. The summed E-state index contributed by atoms with van der Waals surface area (Å²) < 4.78 is 51.6. The Balaban J connectivity index is 0.000000663. The first-order valence-corrected chi connectivity index (χ1v) is 16.0. The number of aromatic nitrogens is 2. The predicted octanol–water partition coefficient (Wildman–Crippen LogP) is 6.92. The van der Waals surface area contributed by atoms with Gasteiger partial charge in [-0.3, -0.25) is 0 Å². The Morgan fingerprint density at radius 1 is 0.766 bits per heavy atom. The fourth-order valence-corrected chi connectivity index (χ4v) is 4.73. The predicted molar refractivity (Wildman–Crippen MR) is 186 cm³/mol. The molecule has 0 saturated heterocycles. The van der Waals surface area contributed by atoms with Crippen molar-refractivity contribution < 1.29 is 51.2 Å². The van der Waals surface area contributed by atoms with Crippen LogP contribution in [0.2, 0.25) is 0 Å². The van der Waals surface area contributed by atoms with Crippen molar-refractivity contribution in [3.8, 4) is 0 Å². The number of aliphatic imine (C=N–C) groups is 1. The molecule has 0 unspecified atom stereocenters. The van der Waals surface area contributed by atoms with Crippen LogP contribution in [0.1, 0.15) is 76.2 Å². The summed E-state index contributed by atoms with van der Waals surface area (Å²) in [5.74, 6) is -0.649. The van der Waals surface area contributed by atoms with Gasteiger partial charge in [0.1, 0.15) is 0 Å². The van der Waals surface area contributed by atoms with Gasteiger partial charge in [0, 0.05) is 19.8 Å². The molecule has 10 heteroatoms. The average molecular weight is 786 g/mol. The van der Waals surface area contributed by atoms with E-state index in [9.17, 15) is 13.2 Å². The zero-order valence-corrected chi connectivity index (χ0v) is 30.1. The molecule has 0 aliphatic carbocycles. The SMILES string of the molecule is C.CCCCCCOCc1ccccc1.Cn1c(C(F)(F)F)[n+](C)c2ccccc21.S=C=NCCCCCOCc1ccccc1.[I-]. The minimum absolute atomic E-state index is 0. The summed E-state index contributed by atoms with van der Waals surface area (Å²) in [5, 5.41) is 2.37. The number of ether oxygens (including phenoxy) is 2. The molecular weight excluding hydrogens is 734 g/mol. The standard InChI is InChI=1S/C13H17NOS.C13H20O.C10H10F3N2.CH4.HI/c16-12-14-9-5-2-6-10-15-11-13-7-3-1-4-8-13;1-2-3-4-8-11-14-12-13-9-6-5-7-10-13;1-14-7-5-3-4-6-8(7)15(2)9(14)10(11,12)13;;/h1,3-4,7-8H,2,5-6,9-11H2;5-7,9-10H,2-4,8,11-12H2,1H3;3-6H,1-2H3;1H4;1H/q;;+1;;/p-1. The van der Waals surface area contributed by atoms with E-state index in [1.54, 1.807) is 24.3 Å². The van der Waals surface area contributed by atoms with Gasteiger partial charge in [-0.2, -0.15) is 13.2 Å². The Hall–Kier alpha value is -2.63. The van der Waals surface area contributed by atoms with Crippen LogP contribution in [0.5, 0.6) is 0 Å². The average Bonchev–Trinajstić information content (AvgIpc) is 3.31.